The molecule has 2 fully saturated rings. The van der Waals surface area contributed by atoms with E-state index in [4.69, 9.17) is 0 Å². The zero-order valence-corrected chi connectivity index (χ0v) is 20.8. The highest BCUT2D eigenvalue weighted by atomic mass is 32.2. The number of carbonyl (C=O) groups excluding carboxylic acids is 2. The predicted octanol–water partition coefficient (Wildman–Crippen LogP) is 1.46. The van der Waals surface area contributed by atoms with E-state index in [0.717, 1.165) is 16.7 Å². The van der Waals surface area contributed by atoms with E-state index in [1.165, 1.54) is 4.31 Å². The van der Waals surface area contributed by atoms with Crippen LogP contribution in [0.3, 0.4) is 0 Å². The summed E-state index contributed by atoms with van der Waals surface area (Å²) in [4.78, 5) is 29.2. The molecule has 8 nitrogen and oxygen atoms in total. The topological polar surface area (TPSA) is 90.0 Å². The highest BCUT2D eigenvalue weighted by Crippen LogP contribution is 2.29. The van der Waals surface area contributed by atoms with Crippen molar-refractivity contribution >= 4 is 21.8 Å². The first-order valence-electron chi connectivity index (χ1n) is 11.6. The minimum absolute atomic E-state index is 0.0395. The van der Waals surface area contributed by atoms with Crippen LogP contribution in [0.2, 0.25) is 0 Å². The van der Waals surface area contributed by atoms with E-state index < -0.39 is 10.0 Å². The van der Waals surface area contributed by atoms with Crippen molar-refractivity contribution in [1.29, 1.82) is 0 Å². The van der Waals surface area contributed by atoms with Crippen molar-refractivity contribution in [3.63, 3.8) is 0 Å². The third-order valence-corrected chi connectivity index (χ3v) is 8.71. The molecule has 0 radical (unpaired) electrons. The molecule has 1 N–H and O–H groups in total. The van der Waals surface area contributed by atoms with Crippen LogP contribution in [-0.4, -0.2) is 86.7 Å². The molecular formula is C24H36N4O4S. The number of nitrogens with zero attached hydrogens (tertiary/aromatic N) is 3. The second kappa shape index (κ2) is 10.8. The number of aryl methyl sites for hydroxylation is 3. The Hall–Kier alpha value is -2.23. The van der Waals surface area contributed by atoms with Gasteiger partial charge in [-0.1, -0.05) is 23.8 Å². The number of sulfonamides is 1. The normalized spacial score (nSPS) is 18.8. The van der Waals surface area contributed by atoms with Crippen LogP contribution in [0.4, 0.5) is 0 Å². The molecule has 1 aromatic carbocycles. The average molecular weight is 477 g/mol. The summed E-state index contributed by atoms with van der Waals surface area (Å²) in [6.07, 6.45) is 2.71. The molecule has 2 aliphatic rings. The van der Waals surface area contributed by atoms with Gasteiger partial charge in [-0.25, -0.2) is 8.42 Å². The van der Waals surface area contributed by atoms with Crippen molar-refractivity contribution in [3.8, 4) is 0 Å². The summed E-state index contributed by atoms with van der Waals surface area (Å²) in [5, 5.41) is 2.77. The minimum Gasteiger partial charge on any atom is -0.352 e. The molecule has 1 aromatic rings. The van der Waals surface area contributed by atoms with Crippen LogP contribution >= 0.6 is 0 Å². The molecule has 33 heavy (non-hydrogen) atoms. The lowest BCUT2D eigenvalue weighted by Gasteiger charge is -2.38. The number of rotatable bonds is 7. The molecule has 0 atom stereocenters. The molecule has 0 aromatic heterocycles. The maximum absolute atomic E-state index is 13.3. The third-order valence-electron chi connectivity index (χ3n) is 6.50. The van der Waals surface area contributed by atoms with Crippen molar-refractivity contribution in [2.24, 2.45) is 5.92 Å². The highest BCUT2D eigenvalue weighted by molar-refractivity contribution is 7.89. The van der Waals surface area contributed by atoms with Crippen LogP contribution in [0.15, 0.2) is 29.7 Å². The van der Waals surface area contributed by atoms with Crippen LogP contribution in [0.1, 0.15) is 29.5 Å². The van der Waals surface area contributed by atoms with E-state index in [9.17, 15) is 18.0 Å². The van der Waals surface area contributed by atoms with Gasteiger partial charge in [0.15, 0.2) is 0 Å². The van der Waals surface area contributed by atoms with Crippen LogP contribution in [0.25, 0.3) is 0 Å². The van der Waals surface area contributed by atoms with E-state index in [1.807, 2.05) is 42.7 Å². The first-order chi connectivity index (χ1) is 15.6. The molecule has 0 spiro atoms. The van der Waals surface area contributed by atoms with Crippen LogP contribution in [0, 0.1) is 26.7 Å². The molecule has 9 heteroatoms. The van der Waals surface area contributed by atoms with E-state index in [2.05, 4.69) is 11.9 Å². The summed E-state index contributed by atoms with van der Waals surface area (Å²) in [5.41, 5.74) is 2.58. The van der Waals surface area contributed by atoms with E-state index in [1.54, 1.807) is 6.08 Å². The monoisotopic (exact) mass is 476 g/mol. The van der Waals surface area contributed by atoms with Gasteiger partial charge in [-0.05, 0) is 44.7 Å². The smallest absolute Gasteiger partial charge is 0.243 e. The maximum atomic E-state index is 13.3. The summed E-state index contributed by atoms with van der Waals surface area (Å²) in [5.74, 6) is -0.0908. The van der Waals surface area contributed by atoms with Gasteiger partial charge in [0.05, 0.1) is 11.4 Å². The van der Waals surface area contributed by atoms with E-state index >= 15 is 0 Å². The van der Waals surface area contributed by atoms with Crippen molar-refractivity contribution < 1.29 is 18.0 Å². The van der Waals surface area contributed by atoms with Crippen molar-refractivity contribution in [1.82, 2.24) is 19.4 Å². The van der Waals surface area contributed by atoms with Crippen LogP contribution < -0.4 is 5.32 Å². The van der Waals surface area contributed by atoms with Gasteiger partial charge in [0.2, 0.25) is 21.8 Å². The second-order valence-electron chi connectivity index (χ2n) is 9.10. The number of nitrogens with one attached hydrogen (secondary N) is 1. The SMILES string of the molecule is C=CCNC(=O)CN1CCN(C(=O)C2CCN(S(=O)(=O)c3c(C)cc(C)cc3C)CC2)CC1. The number of piperidine rings is 1. The van der Waals surface area contributed by atoms with Crippen LogP contribution in [0.5, 0.6) is 0 Å². The number of piperazine rings is 1. The largest absolute Gasteiger partial charge is 0.352 e. The zero-order chi connectivity index (χ0) is 24.2. The lowest BCUT2D eigenvalue weighted by molar-refractivity contribution is -0.138. The summed E-state index contributed by atoms with van der Waals surface area (Å²) < 4.78 is 28.1. The van der Waals surface area contributed by atoms with Crippen LogP contribution in [-0.2, 0) is 19.6 Å². The molecule has 0 saturated carbocycles. The first-order valence-corrected chi connectivity index (χ1v) is 13.0. The summed E-state index contributed by atoms with van der Waals surface area (Å²) in [6, 6.07) is 3.80. The summed E-state index contributed by atoms with van der Waals surface area (Å²) in [7, 11) is -3.58. The lowest BCUT2D eigenvalue weighted by Crippen LogP contribution is -2.53. The van der Waals surface area contributed by atoms with Crippen molar-refractivity contribution in [2.45, 2.75) is 38.5 Å². The molecule has 0 bridgehead atoms. The lowest BCUT2D eigenvalue weighted by atomic mass is 9.96. The van der Waals surface area contributed by atoms with Gasteiger partial charge >= 0.3 is 0 Å². The van der Waals surface area contributed by atoms with E-state index in [0.29, 0.717) is 70.1 Å². The number of amides is 2. The molecular weight excluding hydrogens is 440 g/mol. The fraction of sp³-hybridized carbons (Fsp3) is 0.583. The third kappa shape index (κ3) is 6.02. The highest BCUT2D eigenvalue weighted by Gasteiger charge is 2.35. The molecule has 2 heterocycles. The predicted molar refractivity (Wildman–Crippen MR) is 128 cm³/mol. The number of carbonyl (C=O) groups is 2. The second-order valence-corrected chi connectivity index (χ2v) is 11.0. The molecule has 3 rings (SSSR count). The Morgan fingerprint density at radius 3 is 2.15 bits per heavy atom. The molecule has 0 aliphatic carbocycles. The number of hydrogen-bond donors (Lipinski definition) is 1. The Kier molecular flexibility index (Phi) is 8.31. The van der Waals surface area contributed by atoms with Gasteiger partial charge < -0.3 is 10.2 Å². The number of hydrogen-bond acceptors (Lipinski definition) is 5. The Balaban J connectivity index is 1.53. The minimum atomic E-state index is -3.58. The zero-order valence-electron chi connectivity index (χ0n) is 20.0. The van der Waals surface area contributed by atoms with Gasteiger partial charge in [-0.15, -0.1) is 6.58 Å². The Morgan fingerprint density at radius 1 is 1.03 bits per heavy atom. The van der Waals surface area contributed by atoms with Gasteiger partial charge in [0, 0.05) is 51.7 Å². The van der Waals surface area contributed by atoms with Gasteiger partial charge in [-0.2, -0.15) is 4.31 Å². The maximum Gasteiger partial charge on any atom is 0.243 e. The number of benzene rings is 1. The summed E-state index contributed by atoms with van der Waals surface area (Å²) in [6.45, 7) is 13.2. The fourth-order valence-electron chi connectivity index (χ4n) is 4.88. The quantitative estimate of drug-likeness (QED) is 0.602. The van der Waals surface area contributed by atoms with Crippen molar-refractivity contribution in [3.05, 3.63) is 41.5 Å². The first kappa shape index (κ1) is 25.4. The Morgan fingerprint density at radius 2 is 1.61 bits per heavy atom. The standard InChI is InChI=1S/C24H36N4O4S/c1-5-8-25-22(29)17-26-11-13-27(14-12-26)24(30)21-6-9-28(10-7-21)33(31,32)23-19(3)15-18(2)16-20(23)4/h5,15-16,21H,1,6-14,17H2,2-4H3,(H,25,29). The fourth-order valence-corrected chi connectivity index (χ4v) is 6.76. The van der Waals surface area contributed by atoms with Gasteiger partial charge in [0.1, 0.15) is 0 Å². The summed E-state index contributed by atoms with van der Waals surface area (Å²) >= 11 is 0. The molecule has 0 unspecified atom stereocenters. The average Bonchev–Trinajstić information content (AvgIpc) is 2.77. The molecule has 2 aliphatic heterocycles. The molecule has 182 valence electrons. The van der Waals surface area contributed by atoms with Gasteiger partial charge in [-0.3, -0.25) is 14.5 Å². The van der Waals surface area contributed by atoms with Gasteiger partial charge in [0.25, 0.3) is 0 Å². The molecule has 2 saturated heterocycles. The Labute approximate surface area is 197 Å². The van der Waals surface area contributed by atoms with E-state index in [-0.39, 0.29) is 17.7 Å². The molecule has 2 amide bonds. The Bertz CT molecular complexity index is 969. The van der Waals surface area contributed by atoms with Crippen molar-refractivity contribution in [2.75, 3.05) is 52.4 Å².